The molecule has 0 radical (unpaired) electrons. The summed E-state index contributed by atoms with van der Waals surface area (Å²) < 4.78 is 0. The van der Waals surface area contributed by atoms with Gasteiger partial charge in [-0.2, -0.15) is 0 Å². The number of hydrogen-bond donors (Lipinski definition) is 1. The molecule has 20 heavy (non-hydrogen) atoms. The quantitative estimate of drug-likeness (QED) is 0.679. The van der Waals surface area contributed by atoms with E-state index in [9.17, 15) is 4.79 Å². The molecule has 0 spiro atoms. The van der Waals surface area contributed by atoms with Gasteiger partial charge in [-0.1, -0.05) is 6.07 Å². The Morgan fingerprint density at radius 3 is 2.95 bits per heavy atom. The monoisotopic (exact) mass is 307 g/mol. The number of aromatic nitrogens is 1. The van der Waals surface area contributed by atoms with Crippen molar-refractivity contribution in [2.75, 3.05) is 17.2 Å². The van der Waals surface area contributed by atoms with Crippen LogP contribution in [0.4, 0.5) is 10.8 Å². The van der Waals surface area contributed by atoms with E-state index in [1.54, 1.807) is 23.6 Å². The molecule has 0 aliphatic heterocycles. The third-order valence-corrected chi connectivity index (χ3v) is 4.65. The van der Waals surface area contributed by atoms with E-state index >= 15 is 0 Å². The number of carbonyl (C=O) groups is 1. The van der Waals surface area contributed by atoms with Crippen LogP contribution in [0.3, 0.4) is 0 Å². The summed E-state index contributed by atoms with van der Waals surface area (Å²) in [6.07, 6.45) is 0. The standard InChI is InChI=1S/C14H17N3OS2/c1-3-17(10(2)18)14-16-12(9-20-14)8-19-13-6-4-5-11(15)7-13/h4-7,9H,3,8,15H2,1-2H3. The number of hydrogen-bond acceptors (Lipinski definition) is 5. The van der Waals surface area contributed by atoms with Crippen molar-refractivity contribution in [3.05, 3.63) is 35.3 Å². The van der Waals surface area contributed by atoms with Crippen LogP contribution < -0.4 is 10.6 Å². The Morgan fingerprint density at radius 2 is 2.30 bits per heavy atom. The van der Waals surface area contributed by atoms with E-state index in [0.717, 1.165) is 27.2 Å². The van der Waals surface area contributed by atoms with Gasteiger partial charge in [-0.25, -0.2) is 4.98 Å². The minimum absolute atomic E-state index is 0.0249. The Kier molecular flexibility index (Phi) is 5.03. The molecular weight excluding hydrogens is 290 g/mol. The number of nitrogens with zero attached hydrogens (tertiary/aromatic N) is 2. The number of amides is 1. The highest BCUT2D eigenvalue weighted by Gasteiger charge is 2.13. The zero-order valence-corrected chi connectivity index (χ0v) is 13.1. The van der Waals surface area contributed by atoms with Gasteiger partial charge in [-0.3, -0.25) is 9.69 Å². The van der Waals surface area contributed by atoms with E-state index in [1.807, 2.05) is 36.6 Å². The Balaban J connectivity index is 2.01. The van der Waals surface area contributed by atoms with Crippen LogP contribution in [-0.4, -0.2) is 17.4 Å². The number of thiazole rings is 1. The van der Waals surface area contributed by atoms with Crippen molar-refractivity contribution < 1.29 is 4.79 Å². The molecule has 0 saturated carbocycles. The summed E-state index contributed by atoms with van der Waals surface area (Å²) in [5.74, 6) is 0.798. The van der Waals surface area contributed by atoms with Crippen molar-refractivity contribution in [2.45, 2.75) is 24.5 Å². The zero-order chi connectivity index (χ0) is 14.5. The van der Waals surface area contributed by atoms with Crippen LogP contribution in [0.5, 0.6) is 0 Å². The minimum Gasteiger partial charge on any atom is -0.399 e. The molecule has 1 aromatic heterocycles. The van der Waals surface area contributed by atoms with Crippen LogP contribution in [0.25, 0.3) is 0 Å². The molecule has 1 heterocycles. The highest BCUT2D eigenvalue weighted by atomic mass is 32.2. The summed E-state index contributed by atoms with van der Waals surface area (Å²) in [5.41, 5.74) is 7.50. The molecule has 2 rings (SSSR count). The van der Waals surface area contributed by atoms with Crippen molar-refractivity contribution >= 4 is 39.8 Å². The van der Waals surface area contributed by atoms with E-state index < -0.39 is 0 Å². The smallest absolute Gasteiger partial charge is 0.225 e. The topological polar surface area (TPSA) is 59.2 Å². The number of nitrogen functional groups attached to an aromatic ring is 1. The second-order valence-corrected chi connectivity index (χ2v) is 6.13. The summed E-state index contributed by atoms with van der Waals surface area (Å²) in [5, 5.41) is 2.77. The molecule has 4 nitrogen and oxygen atoms in total. The molecule has 1 amide bonds. The van der Waals surface area contributed by atoms with Crippen LogP contribution in [0.15, 0.2) is 34.5 Å². The van der Waals surface area contributed by atoms with Crippen LogP contribution in [0, 0.1) is 0 Å². The van der Waals surface area contributed by atoms with Crippen molar-refractivity contribution in [3.8, 4) is 0 Å². The maximum Gasteiger partial charge on any atom is 0.225 e. The van der Waals surface area contributed by atoms with Crippen LogP contribution >= 0.6 is 23.1 Å². The highest BCUT2D eigenvalue weighted by molar-refractivity contribution is 7.98. The molecule has 0 saturated heterocycles. The first kappa shape index (κ1) is 14.9. The van der Waals surface area contributed by atoms with E-state index in [0.29, 0.717) is 6.54 Å². The summed E-state index contributed by atoms with van der Waals surface area (Å²) in [7, 11) is 0. The molecular formula is C14H17N3OS2. The highest BCUT2D eigenvalue weighted by Crippen LogP contribution is 2.27. The van der Waals surface area contributed by atoms with E-state index in [2.05, 4.69) is 4.98 Å². The van der Waals surface area contributed by atoms with Crippen LogP contribution in [0.1, 0.15) is 19.5 Å². The van der Waals surface area contributed by atoms with Crippen LogP contribution in [-0.2, 0) is 10.5 Å². The first-order valence-corrected chi connectivity index (χ1v) is 8.17. The third kappa shape index (κ3) is 3.74. The van der Waals surface area contributed by atoms with Gasteiger partial charge in [0.1, 0.15) is 0 Å². The van der Waals surface area contributed by atoms with Gasteiger partial charge in [-0.05, 0) is 25.1 Å². The molecule has 0 aliphatic carbocycles. The molecule has 2 N–H and O–H groups in total. The fourth-order valence-corrected chi connectivity index (χ4v) is 3.64. The lowest BCUT2D eigenvalue weighted by Gasteiger charge is -2.14. The number of nitrogens with two attached hydrogens (primary N) is 1. The second kappa shape index (κ2) is 6.76. The Labute approximate surface area is 127 Å². The molecule has 0 unspecified atom stereocenters. The first-order chi connectivity index (χ1) is 9.60. The first-order valence-electron chi connectivity index (χ1n) is 6.31. The van der Waals surface area contributed by atoms with Gasteiger partial charge in [0, 0.05) is 35.2 Å². The largest absolute Gasteiger partial charge is 0.399 e. The van der Waals surface area contributed by atoms with E-state index in [-0.39, 0.29) is 5.91 Å². The van der Waals surface area contributed by atoms with E-state index in [1.165, 1.54) is 11.3 Å². The molecule has 0 atom stereocenters. The summed E-state index contributed by atoms with van der Waals surface area (Å²) in [6, 6.07) is 7.80. The maximum absolute atomic E-state index is 11.5. The number of thioether (sulfide) groups is 1. The predicted octanol–water partition coefficient (Wildman–Crippen LogP) is 3.39. The summed E-state index contributed by atoms with van der Waals surface area (Å²) in [4.78, 5) is 18.8. The van der Waals surface area contributed by atoms with Gasteiger partial charge in [-0.15, -0.1) is 23.1 Å². The molecule has 2 aromatic rings. The second-order valence-electron chi connectivity index (χ2n) is 4.25. The predicted molar refractivity (Wildman–Crippen MR) is 86.2 cm³/mol. The van der Waals surface area contributed by atoms with Gasteiger partial charge in [0.05, 0.1) is 5.69 Å². The van der Waals surface area contributed by atoms with Crippen molar-refractivity contribution in [1.82, 2.24) is 4.98 Å². The summed E-state index contributed by atoms with van der Waals surface area (Å²) >= 11 is 3.19. The molecule has 106 valence electrons. The fraction of sp³-hybridized carbons (Fsp3) is 0.286. The molecule has 1 aromatic carbocycles. The number of anilines is 2. The van der Waals surface area contributed by atoms with Crippen molar-refractivity contribution in [1.29, 1.82) is 0 Å². The third-order valence-electron chi connectivity index (χ3n) is 2.71. The Morgan fingerprint density at radius 1 is 1.50 bits per heavy atom. The average molecular weight is 307 g/mol. The molecule has 0 fully saturated rings. The number of rotatable bonds is 5. The Hall–Kier alpha value is -1.53. The lowest BCUT2D eigenvalue weighted by atomic mass is 10.3. The average Bonchev–Trinajstić information content (AvgIpc) is 2.85. The van der Waals surface area contributed by atoms with Gasteiger partial charge >= 0.3 is 0 Å². The number of carbonyl (C=O) groups excluding carboxylic acids is 1. The van der Waals surface area contributed by atoms with Crippen LogP contribution in [0.2, 0.25) is 0 Å². The van der Waals surface area contributed by atoms with Gasteiger partial charge in [0.15, 0.2) is 5.13 Å². The SMILES string of the molecule is CCN(C(C)=O)c1nc(CSc2cccc(N)c2)cs1. The fourth-order valence-electron chi connectivity index (χ4n) is 1.74. The molecule has 0 bridgehead atoms. The summed E-state index contributed by atoms with van der Waals surface area (Å²) in [6.45, 7) is 4.15. The zero-order valence-electron chi connectivity index (χ0n) is 11.5. The Bertz CT molecular complexity index is 598. The molecule has 0 aliphatic rings. The minimum atomic E-state index is 0.0249. The molecule has 6 heteroatoms. The van der Waals surface area contributed by atoms with E-state index in [4.69, 9.17) is 5.73 Å². The maximum atomic E-state index is 11.5. The van der Waals surface area contributed by atoms with Crippen molar-refractivity contribution in [2.24, 2.45) is 0 Å². The normalized spacial score (nSPS) is 10.5. The van der Waals surface area contributed by atoms with Gasteiger partial charge in [0.2, 0.25) is 5.91 Å². The van der Waals surface area contributed by atoms with Gasteiger partial charge in [0.25, 0.3) is 0 Å². The lowest BCUT2D eigenvalue weighted by molar-refractivity contribution is -0.116. The number of benzene rings is 1. The van der Waals surface area contributed by atoms with Crippen molar-refractivity contribution in [3.63, 3.8) is 0 Å². The van der Waals surface area contributed by atoms with Gasteiger partial charge < -0.3 is 5.73 Å². The lowest BCUT2D eigenvalue weighted by Crippen LogP contribution is -2.27.